The highest BCUT2D eigenvalue weighted by molar-refractivity contribution is 8.77. The Hall–Kier alpha value is -5.39. The molecule has 0 aliphatic carbocycles. The Labute approximate surface area is 506 Å². The zero-order valence-electron chi connectivity index (χ0n) is 46.9. The number of anilines is 2. The normalized spacial score (nSPS) is 25.3. The molecule has 31 nitrogen and oxygen atoms in total. The minimum absolute atomic E-state index is 0.000269. The molecule has 0 saturated carbocycles. The largest absolute Gasteiger partial charge is 0.449 e. The number of carbonyl (C=O) groups is 6. The summed E-state index contributed by atoms with van der Waals surface area (Å²) >= 11 is 9.76. The van der Waals surface area contributed by atoms with Gasteiger partial charge in [0.15, 0.2) is 28.4 Å². The zero-order valence-corrected chi connectivity index (χ0v) is 52.0. The molecule has 4 aromatic heterocycles. The van der Waals surface area contributed by atoms with Crippen LogP contribution < -0.4 is 11.1 Å². The van der Waals surface area contributed by atoms with Crippen molar-refractivity contribution in [2.24, 2.45) is 5.92 Å². The fourth-order valence-corrected chi connectivity index (χ4v) is 14.4. The third-order valence-electron chi connectivity index (χ3n) is 13.8. The average Bonchev–Trinajstić information content (AvgIpc) is 1.83. The number of nitrogens with two attached hydrogens (primary N) is 1. The quantitative estimate of drug-likeness (QED) is 0.0191. The van der Waals surface area contributed by atoms with E-state index in [9.17, 15) is 38.2 Å². The molecule has 0 bridgehead atoms. The third kappa shape index (κ3) is 17.2. The van der Waals surface area contributed by atoms with Crippen molar-refractivity contribution in [1.82, 2.24) is 58.6 Å². The Morgan fingerprint density at radius 1 is 0.859 bits per heavy atom. The molecule has 37 heteroatoms. The van der Waals surface area contributed by atoms with Gasteiger partial charge in [-0.05, 0) is 32.1 Å². The predicted octanol–water partition coefficient (Wildman–Crippen LogP) is 4.11. The van der Waals surface area contributed by atoms with Crippen molar-refractivity contribution in [3.63, 3.8) is 0 Å². The molecule has 0 radical (unpaired) electrons. The number of ether oxygens (including phenoxy) is 5. The van der Waals surface area contributed by atoms with Gasteiger partial charge in [-0.3, -0.25) is 47.6 Å². The number of carbonyl (C=O) groups excluding carboxylic acids is 6. The maximum Gasteiger partial charge on any atom is 0.412 e. The lowest BCUT2D eigenvalue weighted by Crippen LogP contribution is -2.38. The number of imidazole rings is 2. The first kappa shape index (κ1) is 65.6. The molecule has 4 aromatic rings. The minimum Gasteiger partial charge on any atom is -0.449 e. The fourth-order valence-electron chi connectivity index (χ4n) is 9.02. The van der Waals surface area contributed by atoms with Gasteiger partial charge in [-0.1, -0.05) is 39.9 Å². The predicted molar refractivity (Wildman–Crippen MR) is 315 cm³/mol. The molecular weight excluding hydrogens is 1230 g/mol. The van der Waals surface area contributed by atoms with Crippen molar-refractivity contribution >= 4 is 129 Å². The standard InChI is InChI=1S/C48H66N14O17P2S4/c1-7-29-40-32(77-45(29)62-28-54-38-41(49)50-25-52-43(38)62)24-75-80(69,82)78-30-22-37(76-31(30)23-74-81(70,83)79-40)61-27-55-39-42(51-26-53-44(39)61)56-46(67)72-19-15-59(6)47(68)73-20-21-84-85-48(2,3)12-10-33(63)57(4)13-14-58(5)34(64)11-17-71-18-16-60-35(65)8-9-36(60)66/h7-9,25-32,37,40,45H,1,10-24H2,2-6H3,(H,69,82)(H,70,83)(H2,49,50,52)(H,51,53,56,67)/t29-,30+,31-,32-,37-,40+,45-,80?,81?/m1/s1. The van der Waals surface area contributed by atoms with Crippen LogP contribution in [0.15, 0.2) is 50.1 Å². The molecule has 85 heavy (non-hydrogen) atoms. The summed E-state index contributed by atoms with van der Waals surface area (Å²) in [6.07, 6.45) is 2.97. The van der Waals surface area contributed by atoms with Crippen LogP contribution in [0.3, 0.4) is 0 Å². The fraction of sp³-hybridized carbons (Fsp3) is 0.583. The van der Waals surface area contributed by atoms with Crippen LogP contribution in [0.1, 0.15) is 52.0 Å². The van der Waals surface area contributed by atoms with Crippen LogP contribution in [0.4, 0.5) is 21.2 Å². The van der Waals surface area contributed by atoms with Crippen molar-refractivity contribution < 1.29 is 80.0 Å². The van der Waals surface area contributed by atoms with Gasteiger partial charge in [0.1, 0.15) is 68.3 Å². The van der Waals surface area contributed by atoms with Crippen LogP contribution in [0.5, 0.6) is 0 Å². The van der Waals surface area contributed by atoms with Crippen LogP contribution >= 0.6 is 47.4 Å². The van der Waals surface area contributed by atoms with E-state index < -0.39 is 75.1 Å². The van der Waals surface area contributed by atoms with Gasteiger partial charge in [-0.15, -0.1) is 6.58 Å². The molecule has 6 amide bonds. The van der Waals surface area contributed by atoms with E-state index in [4.69, 9.17) is 59.3 Å². The van der Waals surface area contributed by atoms with Gasteiger partial charge in [0.05, 0.1) is 64.5 Å². The molecule has 4 aliphatic rings. The number of nitrogens with one attached hydrogen (secondary N) is 1. The highest BCUT2D eigenvalue weighted by Crippen LogP contribution is 2.59. The van der Waals surface area contributed by atoms with Gasteiger partial charge < -0.3 is 58.1 Å². The molecule has 4 N–H and O–H groups in total. The van der Waals surface area contributed by atoms with Gasteiger partial charge in [0, 0.05) is 69.7 Å². The van der Waals surface area contributed by atoms with E-state index in [0.29, 0.717) is 42.8 Å². The SMILES string of the molecule is C=C[C@@H]1[C@@H]2OP(O)(=S)OC[C@H]3O[C@@H](n4cnc5c(NC(=O)OCCN(C)C(=O)OCCSSC(C)(C)CCC(=O)N(C)CCN(C)C(=O)CCOCCN6C(=O)C=CC6=O)ncnc54)C[C@@H]3OP(=O)(S)OC[C@H]2O[C@H]1n1cnc2c(N)ncnc21. The zero-order chi connectivity index (χ0) is 61.2. The lowest BCUT2D eigenvalue weighted by molar-refractivity contribution is -0.138. The highest BCUT2D eigenvalue weighted by Gasteiger charge is 2.50. The highest BCUT2D eigenvalue weighted by atomic mass is 33.1. The molecule has 8 rings (SSSR count). The third-order valence-corrected chi connectivity index (χ3v) is 20.3. The van der Waals surface area contributed by atoms with Crippen LogP contribution in [-0.4, -0.2) is 221 Å². The topological polar surface area (TPSA) is 361 Å². The number of fused-ring (bicyclic) bond motifs is 4. The van der Waals surface area contributed by atoms with Crippen LogP contribution in [0.2, 0.25) is 0 Å². The maximum atomic E-state index is 13.9. The van der Waals surface area contributed by atoms with Crippen molar-refractivity contribution in [1.29, 1.82) is 0 Å². The van der Waals surface area contributed by atoms with Gasteiger partial charge in [0.25, 0.3) is 11.8 Å². The number of hydrogen-bond donors (Lipinski definition) is 4. The number of nitrogen functional groups attached to an aromatic ring is 1. The number of amides is 6. The van der Waals surface area contributed by atoms with E-state index in [2.05, 4.69) is 54.0 Å². The smallest absolute Gasteiger partial charge is 0.412 e. The number of hydrogen-bond acceptors (Lipinski definition) is 26. The Bertz CT molecular complexity index is 3220. The summed E-state index contributed by atoms with van der Waals surface area (Å²) in [5.41, 5.74) is 7.09. The number of imide groups is 1. The second-order valence-corrected chi connectivity index (χ2v) is 29.0. The molecule has 0 aromatic carbocycles. The molecule has 3 fully saturated rings. The summed E-state index contributed by atoms with van der Waals surface area (Å²) in [6.45, 7) is -0.0808. The van der Waals surface area contributed by atoms with E-state index in [1.807, 2.05) is 13.8 Å². The Kier molecular flexibility index (Phi) is 22.4. The molecule has 9 atom stereocenters. The van der Waals surface area contributed by atoms with Gasteiger partial charge >= 0.3 is 25.7 Å². The maximum absolute atomic E-state index is 13.9. The first-order valence-corrected chi connectivity index (χ1v) is 34.1. The van der Waals surface area contributed by atoms with Crippen molar-refractivity contribution in [3.05, 3.63) is 50.1 Å². The first-order valence-electron chi connectivity index (χ1n) is 26.5. The van der Waals surface area contributed by atoms with Crippen LogP contribution in [-0.2, 0) is 77.3 Å². The second kappa shape index (κ2) is 29.1. The lowest BCUT2D eigenvalue weighted by atomic mass is 10.00. The molecule has 3 saturated heterocycles. The second-order valence-electron chi connectivity index (χ2n) is 20.2. The molecule has 464 valence electrons. The summed E-state index contributed by atoms with van der Waals surface area (Å²) in [6, 6.07) is 0. The molecule has 8 heterocycles. The van der Waals surface area contributed by atoms with E-state index in [-0.39, 0.29) is 110 Å². The van der Waals surface area contributed by atoms with Crippen LogP contribution in [0.25, 0.3) is 22.3 Å². The van der Waals surface area contributed by atoms with E-state index in [1.54, 1.807) is 40.4 Å². The van der Waals surface area contributed by atoms with Crippen molar-refractivity contribution in [2.75, 3.05) is 104 Å². The van der Waals surface area contributed by atoms with Crippen LogP contribution in [0, 0.1) is 5.92 Å². The number of likely N-dealkylation sites (N-methyl/N-ethyl adjacent to an activating group) is 3. The summed E-state index contributed by atoms with van der Waals surface area (Å²) in [4.78, 5) is 117. The summed E-state index contributed by atoms with van der Waals surface area (Å²) in [5, 5.41) is 2.55. The van der Waals surface area contributed by atoms with Crippen molar-refractivity contribution in [2.45, 2.75) is 81.1 Å². The van der Waals surface area contributed by atoms with Gasteiger partial charge in [-0.2, -0.15) is 0 Å². The summed E-state index contributed by atoms with van der Waals surface area (Å²) < 4.78 is 69.3. The average molecular weight is 1300 g/mol. The Balaban J connectivity index is 0.724. The van der Waals surface area contributed by atoms with Gasteiger partial charge in [0.2, 0.25) is 11.8 Å². The minimum atomic E-state index is -4.18. The number of thiol groups is 1. The number of rotatable bonds is 24. The molecule has 2 unspecified atom stereocenters. The lowest BCUT2D eigenvalue weighted by Gasteiger charge is -2.29. The number of aromatic nitrogens is 8. The number of nitrogens with zero attached hydrogens (tertiary/aromatic N) is 12. The van der Waals surface area contributed by atoms with E-state index >= 15 is 0 Å². The summed E-state index contributed by atoms with van der Waals surface area (Å²) in [5.74, 6) is -1.08. The molecule has 4 aliphatic heterocycles. The van der Waals surface area contributed by atoms with E-state index in [1.165, 1.54) is 69.7 Å². The molecule has 0 spiro atoms. The van der Waals surface area contributed by atoms with Gasteiger partial charge in [-0.25, -0.2) is 44.1 Å². The van der Waals surface area contributed by atoms with Crippen molar-refractivity contribution in [3.8, 4) is 0 Å². The Morgan fingerprint density at radius 2 is 1.53 bits per heavy atom. The Morgan fingerprint density at radius 3 is 2.26 bits per heavy atom. The molecular formula is C48H66N14O17P2S4. The first-order chi connectivity index (χ1) is 40.4. The summed E-state index contributed by atoms with van der Waals surface area (Å²) in [7, 11) is 7.91. The monoisotopic (exact) mass is 1300 g/mol. The van der Waals surface area contributed by atoms with E-state index in [0.717, 1.165) is 4.90 Å².